The first kappa shape index (κ1) is 39.8. The molecular formula is C27H36F6N6O9. The van der Waals surface area contributed by atoms with Crippen molar-refractivity contribution in [2.75, 3.05) is 44.2 Å². The molecule has 0 saturated carbocycles. The number of amides is 4. The first-order valence-corrected chi connectivity index (χ1v) is 14.3. The summed E-state index contributed by atoms with van der Waals surface area (Å²) in [6.07, 6.45) is -8.41. The molecule has 15 nitrogen and oxygen atoms in total. The van der Waals surface area contributed by atoms with Gasteiger partial charge in [-0.25, -0.2) is 9.18 Å². The number of ether oxygens (including phenoxy) is 2. The lowest BCUT2D eigenvalue weighted by Crippen LogP contribution is -2.60. The molecule has 48 heavy (non-hydrogen) atoms. The lowest BCUT2D eigenvalue weighted by atomic mass is 10.0. The summed E-state index contributed by atoms with van der Waals surface area (Å²) in [5.74, 6) is -10.2. The second kappa shape index (κ2) is 16.6. The molecule has 1 aromatic carbocycles. The third-order valence-corrected chi connectivity index (χ3v) is 6.81. The van der Waals surface area contributed by atoms with E-state index < -0.39 is 91.2 Å². The van der Waals surface area contributed by atoms with Crippen LogP contribution in [0.25, 0.3) is 0 Å². The second-order valence-corrected chi connectivity index (χ2v) is 10.8. The predicted molar refractivity (Wildman–Crippen MR) is 152 cm³/mol. The van der Waals surface area contributed by atoms with Crippen molar-refractivity contribution in [1.82, 2.24) is 21.3 Å². The van der Waals surface area contributed by atoms with Crippen LogP contribution < -0.4 is 36.6 Å². The van der Waals surface area contributed by atoms with E-state index in [-0.39, 0.29) is 43.9 Å². The molecule has 0 spiro atoms. The van der Waals surface area contributed by atoms with E-state index in [4.69, 9.17) is 20.3 Å². The summed E-state index contributed by atoms with van der Waals surface area (Å²) in [6, 6.07) is 0.725. The van der Waals surface area contributed by atoms with Gasteiger partial charge in [-0.2, -0.15) is 22.0 Å². The maximum Gasteiger partial charge on any atom is 0.455 e. The van der Waals surface area contributed by atoms with Crippen molar-refractivity contribution in [3.8, 4) is 5.75 Å². The van der Waals surface area contributed by atoms with Crippen LogP contribution in [0.1, 0.15) is 26.7 Å². The van der Waals surface area contributed by atoms with Crippen molar-refractivity contribution in [2.45, 2.75) is 62.6 Å². The number of carbonyl (C=O) groups excluding carboxylic acids is 4. The number of hydrogen-bond acceptors (Lipinski definition) is 10. The smallest absolute Gasteiger partial charge is 0.455 e. The molecule has 1 aromatic rings. The number of carboxylic acid groups (broad SMARTS) is 1. The van der Waals surface area contributed by atoms with Crippen molar-refractivity contribution in [2.24, 2.45) is 5.73 Å². The Bertz CT molecular complexity index is 1330. The zero-order chi connectivity index (χ0) is 36.4. The molecule has 0 unspecified atom stereocenters. The van der Waals surface area contributed by atoms with Crippen LogP contribution in [0.3, 0.4) is 0 Å². The molecule has 0 saturated heterocycles. The standard InChI is InChI=1S/C27H36F6N6O9/c1-14-20(37-12-25(2,46)23(44)38-13-26(29,30)27(31,32)33)22(43)39(17-11-15(28)3-5-18(17)48-14)9-10-47-24(45)36-8-7-35-21(42)16(34)4-6-19(40)41/h3,5,11,14,16,20,37,46H,4,6-10,12-13,34H2,1-2H3,(H,35,42)(H,36,45)(H,38,44)(H,40,41)/t14-,16+,20+,25+/m1/s1. The number of benzene rings is 1. The number of carboxylic acids is 1. The number of aliphatic carboxylic acids is 1. The largest absolute Gasteiger partial charge is 0.486 e. The van der Waals surface area contributed by atoms with E-state index >= 15 is 0 Å². The SMILES string of the molecule is C[C@H]1Oc2ccc(F)cc2N(CCOC(=O)NCCNC(=O)[C@@H](N)CCC(=O)O)C(=O)[C@H]1NC[C@](C)(O)C(=O)NCC(F)(F)C(F)(F)F. The maximum atomic E-state index is 14.2. The molecule has 1 aliphatic rings. The minimum Gasteiger partial charge on any atom is -0.486 e. The Hall–Kier alpha value is -4.37. The third-order valence-electron chi connectivity index (χ3n) is 6.81. The van der Waals surface area contributed by atoms with Gasteiger partial charge in [0.15, 0.2) is 5.60 Å². The number of nitrogens with one attached hydrogen (secondary N) is 4. The molecule has 1 heterocycles. The number of halogens is 6. The van der Waals surface area contributed by atoms with E-state index in [2.05, 4.69) is 16.0 Å². The van der Waals surface area contributed by atoms with Crippen molar-refractivity contribution in [1.29, 1.82) is 0 Å². The zero-order valence-corrected chi connectivity index (χ0v) is 25.7. The minimum atomic E-state index is -5.95. The minimum absolute atomic E-state index is 0.0159. The first-order valence-electron chi connectivity index (χ1n) is 14.3. The summed E-state index contributed by atoms with van der Waals surface area (Å²) < 4.78 is 88.8. The lowest BCUT2D eigenvalue weighted by Gasteiger charge is -2.30. The van der Waals surface area contributed by atoms with Crippen LogP contribution in [0, 0.1) is 5.82 Å². The summed E-state index contributed by atoms with van der Waals surface area (Å²) in [4.78, 5) is 61.4. The fourth-order valence-electron chi connectivity index (χ4n) is 4.08. The topological polar surface area (TPSA) is 222 Å². The number of alkyl halides is 5. The molecule has 0 radical (unpaired) electrons. The third kappa shape index (κ3) is 11.4. The van der Waals surface area contributed by atoms with Crippen LogP contribution in [0.2, 0.25) is 0 Å². The first-order chi connectivity index (χ1) is 22.2. The maximum absolute atomic E-state index is 14.2. The van der Waals surface area contributed by atoms with Crippen LogP contribution in [0.5, 0.6) is 5.75 Å². The lowest BCUT2D eigenvalue weighted by molar-refractivity contribution is -0.279. The predicted octanol–water partition coefficient (Wildman–Crippen LogP) is -0.00290. The molecule has 21 heteroatoms. The van der Waals surface area contributed by atoms with Gasteiger partial charge in [-0.1, -0.05) is 0 Å². The fraction of sp³-hybridized carbons (Fsp3) is 0.593. The number of anilines is 1. The van der Waals surface area contributed by atoms with Crippen LogP contribution in [0.15, 0.2) is 18.2 Å². The van der Waals surface area contributed by atoms with E-state index in [1.165, 1.54) is 18.3 Å². The Kier molecular flexibility index (Phi) is 13.8. The number of nitrogens with two attached hydrogens (primary N) is 1. The highest BCUT2D eigenvalue weighted by Crippen LogP contribution is 2.35. The Balaban J connectivity index is 2.01. The molecule has 270 valence electrons. The van der Waals surface area contributed by atoms with Crippen LogP contribution >= 0.6 is 0 Å². The van der Waals surface area contributed by atoms with Crippen molar-refractivity contribution in [3.63, 3.8) is 0 Å². The Labute approximate surface area is 269 Å². The normalized spacial score (nSPS) is 18.4. The van der Waals surface area contributed by atoms with Gasteiger partial charge in [0.1, 0.15) is 30.3 Å². The summed E-state index contributed by atoms with van der Waals surface area (Å²) >= 11 is 0. The van der Waals surface area contributed by atoms with Crippen molar-refractivity contribution < 1.29 is 70.0 Å². The molecule has 4 atom stereocenters. The van der Waals surface area contributed by atoms with Crippen LogP contribution in [-0.2, 0) is 23.9 Å². The van der Waals surface area contributed by atoms with E-state index in [0.29, 0.717) is 0 Å². The van der Waals surface area contributed by atoms with Gasteiger partial charge in [0, 0.05) is 32.1 Å². The summed E-state index contributed by atoms with van der Waals surface area (Å²) in [5.41, 5.74) is 2.90. The molecule has 1 aliphatic heterocycles. The highest BCUT2D eigenvalue weighted by Gasteiger charge is 2.57. The van der Waals surface area contributed by atoms with Gasteiger partial charge in [0.05, 0.1) is 24.8 Å². The van der Waals surface area contributed by atoms with E-state index in [9.17, 15) is 55.4 Å². The number of alkyl carbamates (subject to hydrolysis) is 1. The van der Waals surface area contributed by atoms with Crippen molar-refractivity contribution in [3.05, 3.63) is 24.0 Å². The highest BCUT2D eigenvalue weighted by molar-refractivity contribution is 5.99. The zero-order valence-electron chi connectivity index (χ0n) is 25.7. The van der Waals surface area contributed by atoms with Gasteiger partial charge in [-0.05, 0) is 32.4 Å². The molecular weight excluding hydrogens is 666 g/mol. The molecule has 8 N–H and O–H groups in total. The van der Waals surface area contributed by atoms with Gasteiger partial charge in [0.2, 0.25) is 11.8 Å². The highest BCUT2D eigenvalue weighted by atomic mass is 19.4. The number of carbonyl (C=O) groups is 5. The van der Waals surface area contributed by atoms with E-state index in [0.717, 1.165) is 24.0 Å². The molecule has 0 fully saturated rings. The van der Waals surface area contributed by atoms with Gasteiger partial charge in [-0.3, -0.25) is 24.5 Å². The number of hydrogen-bond donors (Lipinski definition) is 7. The second-order valence-electron chi connectivity index (χ2n) is 10.8. The quantitative estimate of drug-likeness (QED) is 0.0898. The van der Waals surface area contributed by atoms with Gasteiger partial charge in [-0.15, -0.1) is 0 Å². The Morgan fingerprint density at radius 3 is 2.35 bits per heavy atom. The van der Waals surface area contributed by atoms with Gasteiger partial charge < -0.3 is 46.3 Å². The Morgan fingerprint density at radius 2 is 1.73 bits per heavy atom. The van der Waals surface area contributed by atoms with Crippen LogP contribution in [0.4, 0.5) is 36.8 Å². The van der Waals surface area contributed by atoms with Gasteiger partial charge >= 0.3 is 24.2 Å². The fourth-order valence-corrected chi connectivity index (χ4v) is 4.08. The summed E-state index contributed by atoms with van der Waals surface area (Å²) in [5, 5.41) is 27.7. The number of rotatable bonds is 16. The number of aliphatic hydroxyl groups is 1. The number of nitrogens with zero attached hydrogens (tertiary/aromatic N) is 1. The molecule has 0 bridgehead atoms. The average molecular weight is 703 g/mol. The number of fused-ring (bicyclic) bond motifs is 1. The van der Waals surface area contributed by atoms with E-state index in [1.807, 2.05) is 0 Å². The monoisotopic (exact) mass is 702 g/mol. The molecule has 4 amide bonds. The summed E-state index contributed by atoms with van der Waals surface area (Å²) in [6.45, 7) is -1.82. The molecule has 2 rings (SSSR count). The molecule has 0 aromatic heterocycles. The van der Waals surface area contributed by atoms with Crippen molar-refractivity contribution >= 4 is 35.5 Å². The van der Waals surface area contributed by atoms with Gasteiger partial charge in [0.25, 0.3) is 5.91 Å². The van der Waals surface area contributed by atoms with E-state index in [1.54, 1.807) is 0 Å². The summed E-state index contributed by atoms with van der Waals surface area (Å²) in [7, 11) is 0. The average Bonchev–Trinajstić information content (AvgIpc) is 3.08. The van der Waals surface area contributed by atoms with Crippen LogP contribution in [-0.4, -0.2) is 115 Å². The molecule has 0 aliphatic carbocycles. The Morgan fingerprint density at radius 1 is 1.08 bits per heavy atom.